The molecule has 0 bridgehead atoms. The Morgan fingerprint density at radius 3 is 0.976 bits per heavy atom. The molecule has 0 rings (SSSR count). The maximum atomic E-state index is 13.6. The Balaban J connectivity index is 4.92. The molecule has 0 aromatic rings. The number of likely N-dealkylation sites (N-methyl/N-ethyl adjacent to an activating group) is 1. The summed E-state index contributed by atoms with van der Waals surface area (Å²) in [6.45, 7) is 6.93. The topological polar surface area (TPSA) is 114 Å². The molecule has 0 fully saturated rings. The zero-order chi connectivity index (χ0) is 61.4. The molecule has 1 amide bonds. The number of nitrogens with one attached hydrogen (secondary N) is 1. The fourth-order valence-corrected chi connectivity index (χ4v) is 12.4. The van der Waals surface area contributed by atoms with Crippen molar-refractivity contribution < 1.29 is 37.3 Å². The second-order valence-electron chi connectivity index (χ2n) is 27.2. The summed E-state index contributed by atoms with van der Waals surface area (Å²) in [7, 11) is 1.21. The number of phosphoric ester groups is 1. The van der Waals surface area contributed by atoms with E-state index in [-0.39, 0.29) is 31.5 Å². The van der Waals surface area contributed by atoms with Crippen LogP contribution in [-0.2, 0) is 27.9 Å². The van der Waals surface area contributed by atoms with Gasteiger partial charge in [0.15, 0.2) is 0 Å². The molecule has 1 N–H and O–H groups in total. The number of rotatable bonds is 70. The lowest BCUT2D eigenvalue weighted by molar-refractivity contribution is -0.870. The predicted octanol–water partition coefficient (Wildman–Crippen LogP) is 23.2. The van der Waals surface area contributed by atoms with Gasteiger partial charge in [0, 0.05) is 12.8 Å². The zero-order valence-corrected chi connectivity index (χ0v) is 58.3. The van der Waals surface area contributed by atoms with Crippen LogP contribution in [0.25, 0.3) is 0 Å². The number of unbranched alkanes of at least 4 members (excludes halogenated alkanes) is 54. The van der Waals surface area contributed by atoms with E-state index in [1.165, 1.54) is 308 Å². The lowest BCUT2D eigenvalue weighted by atomic mass is 10.0. The Labute approximate surface area is 524 Å². The number of ether oxygens (including phenoxy) is 1. The highest BCUT2D eigenvalue weighted by Crippen LogP contribution is 2.38. The van der Waals surface area contributed by atoms with Gasteiger partial charge in [-0.3, -0.25) is 14.2 Å². The van der Waals surface area contributed by atoms with Crippen LogP contribution in [0, 0.1) is 0 Å². The third-order valence-corrected chi connectivity index (χ3v) is 18.4. The summed E-state index contributed by atoms with van der Waals surface area (Å²) >= 11 is 0. The highest BCUT2D eigenvalue weighted by atomic mass is 31.2. The molecular weight excluding hydrogens is 1060 g/mol. The van der Waals surface area contributed by atoms with Gasteiger partial charge in [0.05, 0.1) is 33.8 Å². The van der Waals surface area contributed by atoms with Gasteiger partial charge in [-0.05, 0) is 31.8 Å². The van der Waals surface area contributed by atoms with Crippen LogP contribution in [-0.4, -0.2) is 69.4 Å². The van der Waals surface area contributed by atoms with E-state index in [1.807, 2.05) is 33.3 Å². The van der Waals surface area contributed by atoms with Crippen LogP contribution in [0.3, 0.4) is 0 Å². The first-order chi connectivity index (χ1) is 40.9. The number of esters is 1. The minimum absolute atomic E-state index is 0.0163. The van der Waals surface area contributed by atoms with Crippen molar-refractivity contribution in [3.8, 4) is 0 Å². The quantitative estimate of drug-likeness (QED) is 0.0212. The molecule has 3 unspecified atom stereocenters. The van der Waals surface area contributed by atoms with Crippen molar-refractivity contribution in [1.29, 1.82) is 0 Å². The average Bonchev–Trinajstić information content (AvgIpc) is 3.65. The lowest BCUT2D eigenvalue weighted by Crippen LogP contribution is -2.47. The second kappa shape index (κ2) is 64.7. The number of hydrogen-bond acceptors (Lipinski definition) is 7. The Morgan fingerprint density at radius 1 is 0.405 bits per heavy atom. The molecule has 0 aliphatic carbocycles. The van der Waals surface area contributed by atoms with Crippen LogP contribution in [0.2, 0.25) is 0 Å². The first-order valence-corrected chi connectivity index (χ1v) is 39.0. The molecule has 0 aliphatic rings. The number of nitrogens with zero attached hydrogens (tertiary/aromatic N) is 1. The van der Waals surface area contributed by atoms with Crippen LogP contribution >= 0.6 is 7.82 Å². The fourth-order valence-electron chi connectivity index (χ4n) is 11.7. The van der Waals surface area contributed by atoms with Gasteiger partial charge in [-0.15, -0.1) is 0 Å². The van der Waals surface area contributed by atoms with Crippen LogP contribution in [0.4, 0.5) is 0 Å². The van der Waals surface area contributed by atoms with E-state index in [2.05, 4.69) is 26.1 Å². The number of allylic oxidation sites excluding steroid dienone is 1. The van der Waals surface area contributed by atoms with Crippen molar-refractivity contribution in [2.75, 3.05) is 40.9 Å². The summed E-state index contributed by atoms with van der Waals surface area (Å²) in [5.74, 6) is -0.511. The molecule has 0 heterocycles. The zero-order valence-electron chi connectivity index (χ0n) is 57.4. The van der Waals surface area contributed by atoms with Gasteiger partial charge in [0.2, 0.25) is 5.91 Å². The molecule has 9 nitrogen and oxygen atoms in total. The molecule has 0 spiro atoms. The number of phosphoric acid groups is 1. The summed E-state index contributed by atoms with van der Waals surface area (Å²) < 4.78 is 30.5. The predicted molar refractivity (Wildman–Crippen MR) is 363 cm³/mol. The maximum absolute atomic E-state index is 13.6. The number of quaternary nitrogens is 1. The van der Waals surface area contributed by atoms with E-state index in [9.17, 15) is 19.0 Å². The first kappa shape index (κ1) is 82.8. The van der Waals surface area contributed by atoms with Gasteiger partial charge in [-0.25, -0.2) is 0 Å². The monoisotopic (exact) mass is 1210 g/mol. The average molecular weight is 1210 g/mol. The van der Waals surface area contributed by atoms with E-state index in [4.69, 9.17) is 13.8 Å². The summed E-state index contributed by atoms with van der Waals surface area (Å²) in [6, 6.07) is -0.881. The largest absolute Gasteiger partial charge is 0.756 e. The number of hydrogen-bond donors (Lipinski definition) is 1. The van der Waals surface area contributed by atoms with Crippen LogP contribution in [0.5, 0.6) is 0 Å². The second-order valence-corrected chi connectivity index (χ2v) is 28.6. The summed E-state index contributed by atoms with van der Waals surface area (Å²) in [4.78, 5) is 40.2. The van der Waals surface area contributed by atoms with E-state index in [0.29, 0.717) is 17.4 Å². The van der Waals surface area contributed by atoms with Crippen molar-refractivity contribution >= 4 is 19.7 Å². The third-order valence-electron chi connectivity index (χ3n) is 17.5. The standard InChI is InChI=1S/C74H147N2O7P/c1-7-10-13-16-19-22-25-28-30-32-34-35-36-37-38-39-40-41-43-44-46-48-51-54-57-60-63-66-73(77)75-71(70-82-84(79,80)81-69-68-76(4,5)6)72(65-62-59-56-53-50-27-24-21-18-15-12-9-3)83-74(78)67-64-61-58-55-52-49-47-45-42-33-31-29-26-23-20-17-14-11-8-2/h62,65,71-72H,7-61,63-64,66-70H2,1-6H3,(H-,75,77,79,80)/b65-62-. The van der Waals surface area contributed by atoms with Crippen molar-refractivity contribution in [1.82, 2.24) is 5.32 Å². The van der Waals surface area contributed by atoms with E-state index in [0.717, 1.165) is 57.8 Å². The van der Waals surface area contributed by atoms with Gasteiger partial charge in [-0.1, -0.05) is 367 Å². The molecule has 3 atom stereocenters. The van der Waals surface area contributed by atoms with Crippen molar-refractivity contribution in [3.05, 3.63) is 12.2 Å². The van der Waals surface area contributed by atoms with Gasteiger partial charge in [0.25, 0.3) is 7.82 Å². The minimum Gasteiger partial charge on any atom is -0.756 e. The van der Waals surface area contributed by atoms with Crippen molar-refractivity contribution in [3.63, 3.8) is 0 Å². The summed E-state index contributed by atoms with van der Waals surface area (Å²) in [5, 5.41) is 3.06. The Kier molecular flexibility index (Phi) is 63.8. The third kappa shape index (κ3) is 65.2. The van der Waals surface area contributed by atoms with Crippen LogP contribution < -0.4 is 10.2 Å². The first-order valence-electron chi connectivity index (χ1n) is 37.5. The molecule has 0 saturated heterocycles. The molecule has 10 heteroatoms. The van der Waals surface area contributed by atoms with E-state index < -0.39 is 20.0 Å². The fraction of sp³-hybridized carbons (Fsp3) is 0.946. The Morgan fingerprint density at radius 2 is 0.679 bits per heavy atom. The SMILES string of the molecule is CCCCCCCCCCCC/C=C\C(OC(=O)CCCCCCCCCCCCCCCCCCCCC)C(COP(=O)([O-])OCC[N+](C)(C)C)NC(=O)CCCCCCCCCCCCCCCCCCCCCCCCCCCCC. The molecule has 500 valence electrons. The number of carbonyl (C=O) groups excluding carboxylic acids is 2. The Bertz CT molecular complexity index is 1440. The van der Waals surface area contributed by atoms with Gasteiger partial charge >= 0.3 is 5.97 Å². The molecule has 0 radical (unpaired) electrons. The molecule has 84 heavy (non-hydrogen) atoms. The molecule has 0 aromatic carbocycles. The normalized spacial score (nSPS) is 13.5. The summed E-state index contributed by atoms with van der Waals surface area (Å²) in [5.41, 5.74) is 0. The Hall–Kier alpha value is -1.25. The number of carbonyl (C=O) groups is 2. The van der Waals surface area contributed by atoms with Crippen LogP contribution in [0.15, 0.2) is 12.2 Å². The molecular formula is C74H147N2O7P. The lowest BCUT2D eigenvalue weighted by Gasteiger charge is -2.30. The minimum atomic E-state index is -4.70. The van der Waals surface area contributed by atoms with Crippen molar-refractivity contribution in [2.45, 2.75) is 412 Å². The van der Waals surface area contributed by atoms with Crippen LogP contribution in [0.1, 0.15) is 400 Å². The van der Waals surface area contributed by atoms with Gasteiger partial charge < -0.3 is 28.5 Å². The highest BCUT2D eigenvalue weighted by Gasteiger charge is 2.27. The van der Waals surface area contributed by atoms with Gasteiger partial charge in [-0.2, -0.15) is 0 Å². The van der Waals surface area contributed by atoms with Crippen molar-refractivity contribution in [2.24, 2.45) is 0 Å². The molecule has 0 saturated carbocycles. The molecule has 0 aromatic heterocycles. The smallest absolute Gasteiger partial charge is 0.306 e. The molecule has 0 aliphatic heterocycles. The maximum Gasteiger partial charge on any atom is 0.306 e. The number of amides is 1. The highest BCUT2D eigenvalue weighted by molar-refractivity contribution is 7.45. The van der Waals surface area contributed by atoms with E-state index >= 15 is 0 Å². The summed E-state index contributed by atoms with van der Waals surface area (Å²) in [6.07, 6.45) is 77.8. The van der Waals surface area contributed by atoms with Gasteiger partial charge in [0.1, 0.15) is 19.3 Å². The van der Waals surface area contributed by atoms with E-state index in [1.54, 1.807) is 0 Å².